The van der Waals surface area contributed by atoms with Crippen molar-refractivity contribution in [2.75, 3.05) is 13.7 Å². The van der Waals surface area contributed by atoms with Gasteiger partial charge in [-0.2, -0.15) is 0 Å². The zero-order chi connectivity index (χ0) is 14.1. The quantitative estimate of drug-likeness (QED) is 0.550. The number of allylic oxidation sites excluding steroid dienone is 2. The van der Waals surface area contributed by atoms with Crippen molar-refractivity contribution in [3.8, 4) is 0 Å². The van der Waals surface area contributed by atoms with Crippen LogP contribution in [0.25, 0.3) is 0 Å². The fourth-order valence-electron chi connectivity index (χ4n) is 2.54. The van der Waals surface area contributed by atoms with E-state index in [1.54, 1.807) is 7.11 Å². The number of hydrogen-bond donors (Lipinski definition) is 0. The van der Waals surface area contributed by atoms with Crippen LogP contribution >= 0.6 is 0 Å². The molecule has 1 rings (SSSR count). The average molecular weight is 264 g/mol. The Morgan fingerprint density at radius 3 is 2.32 bits per heavy atom. The summed E-state index contributed by atoms with van der Waals surface area (Å²) in [4.78, 5) is 12.3. The third-order valence-electron chi connectivity index (χ3n) is 3.74. The number of Topliss-reactive ketones (excluding diaryl/α,β-unsaturated/α-hetero) is 1. The van der Waals surface area contributed by atoms with E-state index >= 15 is 0 Å². The van der Waals surface area contributed by atoms with Crippen molar-refractivity contribution in [3.05, 3.63) is 24.3 Å². The highest BCUT2D eigenvalue weighted by Crippen LogP contribution is 2.30. The van der Waals surface area contributed by atoms with Crippen molar-refractivity contribution in [1.82, 2.24) is 0 Å². The van der Waals surface area contributed by atoms with Gasteiger partial charge in [0, 0.05) is 13.5 Å². The monoisotopic (exact) mass is 264 g/mol. The first-order valence-electron chi connectivity index (χ1n) is 7.50. The van der Waals surface area contributed by atoms with E-state index in [0.29, 0.717) is 18.8 Å². The molecule has 2 heteroatoms. The van der Waals surface area contributed by atoms with Crippen LogP contribution in [-0.2, 0) is 9.53 Å². The topological polar surface area (TPSA) is 26.3 Å². The molecule has 1 aliphatic rings. The van der Waals surface area contributed by atoms with E-state index < -0.39 is 5.41 Å². The maximum atomic E-state index is 12.3. The average Bonchev–Trinajstić information content (AvgIpc) is 2.83. The minimum atomic E-state index is -0.479. The van der Waals surface area contributed by atoms with Gasteiger partial charge in [-0.1, -0.05) is 63.8 Å². The van der Waals surface area contributed by atoms with E-state index in [1.807, 2.05) is 24.3 Å². The molecule has 0 aromatic carbocycles. The summed E-state index contributed by atoms with van der Waals surface area (Å²) >= 11 is 0. The van der Waals surface area contributed by atoms with Crippen molar-refractivity contribution >= 4 is 5.78 Å². The molecule has 0 atom stereocenters. The highest BCUT2D eigenvalue weighted by Gasteiger charge is 2.33. The first-order chi connectivity index (χ1) is 9.10. The van der Waals surface area contributed by atoms with E-state index in [4.69, 9.17) is 4.74 Å². The molecule has 0 aliphatic heterocycles. The molecule has 0 fully saturated rings. The molecule has 0 saturated carbocycles. The fourth-order valence-corrected chi connectivity index (χ4v) is 2.54. The highest BCUT2D eigenvalue weighted by molar-refractivity contribution is 5.89. The Hall–Kier alpha value is -0.890. The molecule has 0 spiro atoms. The predicted molar refractivity (Wildman–Crippen MR) is 80.1 cm³/mol. The maximum Gasteiger partial charge on any atom is 0.148 e. The minimum Gasteiger partial charge on any atom is -0.383 e. The third-order valence-corrected chi connectivity index (χ3v) is 3.74. The molecular formula is C17H28O2. The molecule has 0 radical (unpaired) electrons. The molecule has 0 saturated heterocycles. The molecule has 0 aromatic rings. The molecule has 0 heterocycles. The summed E-state index contributed by atoms with van der Waals surface area (Å²) in [5, 5.41) is 0. The molecule has 2 nitrogen and oxygen atoms in total. The molecule has 0 N–H and O–H groups in total. The lowest BCUT2D eigenvalue weighted by atomic mass is 9.83. The van der Waals surface area contributed by atoms with E-state index in [2.05, 4.69) is 13.8 Å². The van der Waals surface area contributed by atoms with Crippen LogP contribution in [0.2, 0.25) is 0 Å². The molecular weight excluding hydrogens is 236 g/mol. The standard InChI is InChI=1S/C17H28O2/c1-15(2)10-6-4-5-7-11-16(18)17(14-19-3)12-8-9-13-17/h8-9,12-13,15H,4-7,10-11,14H2,1-3H3. The number of ether oxygens (including phenoxy) is 1. The van der Waals surface area contributed by atoms with E-state index in [0.717, 1.165) is 18.8 Å². The van der Waals surface area contributed by atoms with Crippen LogP contribution in [0.15, 0.2) is 24.3 Å². The molecule has 108 valence electrons. The van der Waals surface area contributed by atoms with E-state index in [-0.39, 0.29) is 0 Å². The van der Waals surface area contributed by atoms with Crippen molar-refractivity contribution in [3.63, 3.8) is 0 Å². The summed E-state index contributed by atoms with van der Waals surface area (Å²) in [6.07, 6.45) is 14.5. The van der Waals surface area contributed by atoms with Crippen LogP contribution in [0, 0.1) is 11.3 Å². The first kappa shape index (κ1) is 16.2. The number of carbonyl (C=O) groups is 1. The number of carbonyl (C=O) groups excluding carboxylic acids is 1. The smallest absolute Gasteiger partial charge is 0.148 e. The first-order valence-corrected chi connectivity index (χ1v) is 7.50. The van der Waals surface area contributed by atoms with Gasteiger partial charge in [-0.25, -0.2) is 0 Å². The van der Waals surface area contributed by atoms with Gasteiger partial charge in [-0.15, -0.1) is 0 Å². The zero-order valence-corrected chi connectivity index (χ0v) is 12.7. The fraction of sp³-hybridized carbons (Fsp3) is 0.706. The SMILES string of the molecule is COCC1(C(=O)CCCCCCC(C)C)C=CC=C1. The van der Waals surface area contributed by atoms with Gasteiger partial charge in [-0.05, 0) is 12.3 Å². The molecule has 0 amide bonds. The summed E-state index contributed by atoms with van der Waals surface area (Å²) in [5.41, 5.74) is -0.479. The summed E-state index contributed by atoms with van der Waals surface area (Å²) in [7, 11) is 1.65. The zero-order valence-electron chi connectivity index (χ0n) is 12.7. The Labute approximate surface area is 117 Å². The van der Waals surface area contributed by atoms with Crippen molar-refractivity contribution in [1.29, 1.82) is 0 Å². The Bertz CT molecular complexity index is 314. The molecule has 0 bridgehead atoms. The van der Waals surface area contributed by atoms with Crippen molar-refractivity contribution in [2.24, 2.45) is 11.3 Å². The van der Waals surface area contributed by atoms with Gasteiger partial charge in [0.1, 0.15) is 5.78 Å². The van der Waals surface area contributed by atoms with Gasteiger partial charge in [0.25, 0.3) is 0 Å². The second-order valence-electron chi connectivity index (χ2n) is 5.96. The van der Waals surface area contributed by atoms with E-state index in [1.165, 1.54) is 19.3 Å². The normalized spacial score (nSPS) is 16.4. The number of rotatable bonds is 10. The Morgan fingerprint density at radius 2 is 1.74 bits per heavy atom. The Morgan fingerprint density at radius 1 is 1.11 bits per heavy atom. The van der Waals surface area contributed by atoms with Gasteiger partial charge in [0.15, 0.2) is 0 Å². The molecule has 1 aliphatic carbocycles. The van der Waals surface area contributed by atoms with E-state index in [9.17, 15) is 4.79 Å². The van der Waals surface area contributed by atoms with Gasteiger partial charge >= 0.3 is 0 Å². The minimum absolute atomic E-state index is 0.295. The van der Waals surface area contributed by atoms with Crippen LogP contribution in [0.1, 0.15) is 52.4 Å². The highest BCUT2D eigenvalue weighted by atomic mass is 16.5. The molecule has 0 aromatic heterocycles. The van der Waals surface area contributed by atoms with Crippen LogP contribution in [-0.4, -0.2) is 19.5 Å². The largest absolute Gasteiger partial charge is 0.383 e. The molecule has 0 unspecified atom stereocenters. The van der Waals surface area contributed by atoms with Crippen molar-refractivity contribution < 1.29 is 9.53 Å². The maximum absolute atomic E-state index is 12.3. The number of ketones is 1. The van der Waals surface area contributed by atoms with Gasteiger partial charge in [0.2, 0.25) is 0 Å². The number of methoxy groups -OCH3 is 1. The summed E-state index contributed by atoms with van der Waals surface area (Å²) in [6.45, 7) is 4.99. The third kappa shape index (κ3) is 5.32. The van der Waals surface area contributed by atoms with Crippen LogP contribution in [0.4, 0.5) is 0 Å². The predicted octanol–water partition coefficient (Wildman–Crippen LogP) is 4.31. The van der Waals surface area contributed by atoms with Crippen LogP contribution in [0.3, 0.4) is 0 Å². The second-order valence-corrected chi connectivity index (χ2v) is 5.96. The number of hydrogen-bond acceptors (Lipinski definition) is 2. The van der Waals surface area contributed by atoms with Gasteiger partial charge < -0.3 is 4.74 Å². The Kier molecular flexibility index (Phi) is 7.07. The van der Waals surface area contributed by atoms with Crippen molar-refractivity contribution in [2.45, 2.75) is 52.4 Å². The van der Waals surface area contributed by atoms with Gasteiger partial charge in [-0.3, -0.25) is 4.79 Å². The molecule has 19 heavy (non-hydrogen) atoms. The Balaban J connectivity index is 2.23. The lowest BCUT2D eigenvalue weighted by Gasteiger charge is -2.22. The summed E-state index contributed by atoms with van der Waals surface area (Å²) < 4.78 is 5.20. The lowest BCUT2D eigenvalue weighted by Crippen LogP contribution is -2.30. The second kappa shape index (κ2) is 8.31. The summed E-state index contributed by atoms with van der Waals surface area (Å²) in [6, 6.07) is 0. The van der Waals surface area contributed by atoms with Gasteiger partial charge in [0.05, 0.1) is 12.0 Å². The van der Waals surface area contributed by atoms with Crippen LogP contribution < -0.4 is 0 Å². The van der Waals surface area contributed by atoms with Crippen LogP contribution in [0.5, 0.6) is 0 Å². The summed E-state index contributed by atoms with van der Waals surface area (Å²) in [5.74, 6) is 1.09. The number of unbranched alkanes of at least 4 members (excludes halogenated alkanes) is 3. The lowest BCUT2D eigenvalue weighted by molar-refractivity contribution is -0.126.